The van der Waals surface area contributed by atoms with Crippen LogP contribution in [0.3, 0.4) is 0 Å². The first kappa shape index (κ1) is 13.4. The smallest absolute Gasteiger partial charge is 0.133 e. The molecule has 0 bridgehead atoms. The SMILES string of the molecule is CCC(C)C(CO)NCc1cccnc1Cl. The monoisotopic (exact) mass is 242 g/mol. The van der Waals surface area contributed by atoms with Crippen molar-refractivity contribution < 1.29 is 5.11 Å². The van der Waals surface area contributed by atoms with Gasteiger partial charge in [-0.15, -0.1) is 0 Å². The fraction of sp³-hybridized carbons (Fsp3) is 0.583. The van der Waals surface area contributed by atoms with Crippen LogP contribution >= 0.6 is 11.6 Å². The number of aliphatic hydroxyl groups excluding tert-OH is 1. The molecule has 4 heteroatoms. The second kappa shape index (κ2) is 6.84. The molecule has 0 aromatic carbocycles. The minimum atomic E-state index is 0.112. The number of rotatable bonds is 6. The van der Waals surface area contributed by atoms with Crippen LogP contribution in [0.2, 0.25) is 5.15 Å². The van der Waals surface area contributed by atoms with Gasteiger partial charge in [0, 0.05) is 24.3 Å². The highest BCUT2D eigenvalue weighted by atomic mass is 35.5. The van der Waals surface area contributed by atoms with Gasteiger partial charge in [-0.3, -0.25) is 0 Å². The zero-order valence-electron chi connectivity index (χ0n) is 9.78. The molecule has 0 spiro atoms. The number of hydrogen-bond donors (Lipinski definition) is 2. The molecule has 0 amide bonds. The van der Waals surface area contributed by atoms with Gasteiger partial charge in [-0.25, -0.2) is 4.98 Å². The van der Waals surface area contributed by atoms with Crippen LogP contribution < -0.4 is 5.32 Å². The molecule has 2 atom stereocenters. The summed E-state index contributed by atoms with van der Waals surface area (Å²) in [6.07, 6.45) is 2.71. The molecular formula is C12H19ClN2O. The van der Waals surface area contributed by atoms with Crippen LogP contribution in [0, 0.1) is 5.92 Å². The molecule has 1 rings (SSSR count). The predicted molar refractivity (Wildman–Crippen MR) is 66.4 cm³/mol. The summed E-state index contributed by atoms with van der Waals surface area (Å²) in [7, 11) is 0. The topological polar surface area (TPSA) is 45.1 Å². The van der Waals surface area contributed by atoms with Gasteiger partial charge in [-0.05, 0) is 12.0 Å². The molecule has 1 aromatic rings. The summed E-state index contributed by atoms with van der Waals surface area (Å²) in [6, 6.07) is 3.91. The van der Waals surface area contributed by atoms with Crippen molar-refractivity contribution in [2.24, 2.45) is 5.92 Å². The van der Waals surface area contributed by atoms with Crippen LogP contribution in [0.5, 0.6) is 0 Å². The van der Waals surface area contributed by atoms with E-state index < -0.39 is 0 Å². The summed E-state index contributed by atoms with van der Waals surface area (Å²) in [5, 5.41) is 13.1. The zero-order chi connectivity index (χ0) is 12.0. The fourth-order valence-electron chi connectivity index (χ4n) is 1.52. The lowest BCUT2D eigenvalue weighted by Crippen LogP contribution is -2.37. The van der Waals surface area contributed by atoms with Crippen LogP contribution in [0.4, 0.5) is 0 Å². The van der Waals surface area contributed by atoms with Crippen molar-refractivity contribution in [1.29, 1.82) is 0 Å². The van der Waals surface area contributed by atoms with Crippen LogP contribution in [0.1, 0.15) is 25.8 Å². The highest BCUT2D eigenvalue weighted by Gasteiger charge is 2.14. The zero-order valence-corrected chi connectivity index (χ0v) is 10.5. The van der Waals surface area contributed by atoms with Gasteiger partial charge in [-0.2, -0.15) is 0 Å². The maximum absolute atomic E-state index is 9.26. The van der Waals surface area contributed by atoms with Gasteiger partial charge in [0.25, 0.3) is 0 Å². The van der Waals surface area contributed by atoms with E-state index in [1.165, 1.54) is 0 Å². The van der Waals surface area contributed by atoms with Crippen molar-refractivity contribution in [3.05, 3.63) is 29.0 Å². The standard InChI is InChI=1S/C12H19ClN2O/c1-3-9(2)11(8-16)15-7-10-5-4-6-14-12(10)13/h4-6,9,11,15-16H,3,7-8H2,1-2H3. The minimum Gasteiger partial charge on any atom is -0.395 e. The third-order valence-electron chi connectivity index (χ3n) is 2.92. The van der Waals surface area contributed by atoms with Gasteiger partial charge in [0.2, 0.25) is 0 Å². The van der Waals surface area contributed by atoms with Gasteiger partial charge in [-0.1, -0.05) is 37.9 Å². The number of aromatic nitrogens is 1. The first-order chi connectivity index (χ1) is 7.69. The Morgan fingerprint density at radius 3 is 2.88 bits per heavy atom. The second-order valence-electron chi connectivity index (χ2n) is 4.01. The van der Waals surface area contributed by atoms with E-state index in [1.807, 2.05) is 12.1 Å². The van der Waals surface area contributed by atoms with Crippen molar-refractivity contribution in [3.63, 3.8) is 0 Å². The van der Waals surface area contributed by atoms with Crippen LogP contribution in [0.25, 0.3) is 0 Å². The van der Waals surface area contributed by atoms with Gasteiger partial charge in [0.1, 0.15) is 5.15 Å². The number of nitrogens with zero attached hydrogens (tertiary/aromatic N) is 1. The van der Waals surface area contributed by atoms with E-state index in [4.69, 9.17) is 11.6 Å². The van der Waals surface area contributed by atoms with Crippen molar-refractivity contribution in [3.8, 4) is 0 Å². The van der Waals surface area contributed by atoms with E-state index in [-0.39, 0.29) is 12.6 Å². The average molecular weight is 243 g/mol. The molecule has 0 aliphatic carbocycles. The van der Waals surface area contributed by atoms with Gasteiger partial charge < -0.3 is 10.4 Å². The molecule has 0 aliphatic heterocycles. The Morgan fingerprint density at radius 2 is 2.31 bits per heavy atom. The fourth-order valence-corrected chi connectivity index (χ4v) is 1.71. The summed E-state index contributed by atoms with van der Waals surface area (Å²) in [5.41, 5.74) is 0.964. The largest absolute Gasteiger partial charge is 0.395 e. The lowest BCUT2D eigenvalue weighted by molar-refractivity contribution is 0.201. The number of hydrogen-bond acceptors (Lipinski definition) is 3. The molecule has 0 saturated heterocycles. The van der Waals surface area contributed by atoms with E-state index >= 15 is 0 Å². The molecule has 1 aromatic heterocycles. The van der Waals surface area contributed by atoms with Crippen LogP contribution in [0.15, 0.2) is 18.3 Å². The number of nitrogens with one attached hydrogen (secondary N) is 1. The normalized spacial score (nSPS) is 14.8. The summed E-state index contributed by atoms with van der Waals surface area (Å²) in [4.78, 5) is 4.01. The van der Waals surface area contributed by atoms with Crippen LogP contribution in [-0.2, 0) is 6.54 Å². The molecule has 0 radical (unpaired) electrons. The Balaban J connectivity index is 2.53. The van der Waals surface area contributed by atoms with E-state index in [1.54, 1.807) is 6.20 Å². The Morgan fingerprint density at radius 1 is 1.56 bits per heavy atom. The molecule has 2 N–H and O–H groups in total. The van der Waals surface area contributed by atoms with E-state index in [0.29, 0.717) is 17.6 Å². The van der Waals surface area contributed by atoms with E-state index in [0.717, 1.165) is 12.0 Å². The lowest BCUT2D eigenvalue weighted by Gasteiger charge is -2.22. The summed E-state index contributed by atoms with van der Waals surface area (Å²) >= 11 is 5.95. The summed E-state index contributed by atoms with van der Waals surface area (Å²) < 4.78 is 0. The Labute approximate surface area is 102 Å². The molecule has 0 fully saturated rings. The molecule has 3 nitrogen and oxygen atoms in total. The molecule has 0 aliphatic rings. The summed E-state index contributed by atoms with van der Waals surface area (Å²) in [6.45, 7) is 5.03. The quantitative estimate of drug-likeness (QED) is 0.752. The molecule has 0 saturated carbocycles. The first-order valence-electron chi connectivity index (χ1n) is 5.62. The maximum atomic E-state index is 9.26. The van der Waals surface area contributed by atoms with Crippen molar-refractivity contribution in [1.82, 2.24) is 10.3 Å². The molecule has 1 heterocycles. The first-order valence-corrected chi connectivity index (χ1v) is 6.00. The maximum Gasteiger partial charge on any atom is 0.133 e. The average Bonchev–Trinajstić information content (AvgIpc) is 2.31. The second-order valence-corrected chi connectivity index (χ2v) is 4.37. The number of aliphatic hydroxyl groups is 1. The third kappa shape index (κ3) is 3.74. The molecular weight excluding hydrogens is 224 g/mol. The van der Waals surface area contributed by atoms with Gasteiger partial charge in [0.05, 0.1) is 6.61 Å². The Bertz CT molecular complexity index is 320. The van der Waals surface area contributed by atoms with Gasteiger partial charge >= 0.3 is 0 Å². The number of halogens is 1. The third-order valence-corrected chi connectivity index (χ3v) is 3.26. The van der Waals surface area contributed by atoms with Crippen molar-refractivity contribution in [2.75, 3.05) is 6.61 Å². The van der Waals surface area contributed by atoms with E-state index in [2.05, 4.69) is 24.1 Å². The summed E-state index contributed by atoms with van der Waals surface area (Å²) in [5.74, 6) is 0.445. The van der Waals surface area contributed by atoms with Gasteiger partial charge in [0.15, 0.2) is 0 Å². The van der Waals surface area contributed by atoms with E-state index in [9.17, 15) is 5.11 Å². The predicted octanol–water partition coefficient (Wildman–Crippen LogP) is 2.23. The molecule has 2 unspecified atom stereocenters. The van der Waals surface area contributed by atoms with Crippen molar-refractivity contribution in [2.45, 2.75) is 32.9 Å². The lowest BCUT2D eigenvalue weighted by atomic mass is 10.00. The van der Waals surface area contributed by atoms with Crippen LogP contribution in [-0.4, -0.2) is 22.7 Å². The highest BCUT2D eigenvalue weighted by molar-refractivity contribution is 6.30. The number of pyridine rings is 1. The highest BCUT2D eigenvalue weighted by Crippen LogP contribution is 2.13. The van der Waals surface area contributed by atoms with Crippen molar-refractivity contribution >= 4 is 11.6 Å². The molecule has 90 valence electrons. The molecule has 16 heavy (non-hydrogen) atoms. The minimum absolute atomic E-state index is 0.112. The Kier molecular flexibility index (Phi) is 5.74. The Hall–Kier alpha value is -0.640.